The molecule has 1 N–H and O–H groups in total. The van der Waals surface area contributed by atoms with Crippen LogP contribution >= 0.6 is 22.7 Å². The van der Waals surface area contributed by atoms with E-state index in [4.69, 9.17) is 4.74 Å². The molecule has 8 heteroatoms. The summed E-state index contributed by atoms with van der Waals surface area (Å²) in [5.74, 6) is -0.783. The molecule has 3 heterocycles. The van der Waals surface area contributed by atoms with Crippen molar-refractivity contribution in [2.75, 3.05) is 7.11 Å². The molecule has 0 fully saturated rings. The van der Waals surface area contributed by atoms with Crippen molar-refractivity contribution in [1.82, 2.24) is 9.88 Å². The number of methoxy groups -OCH3 is 1. The number of carbonyl (C=O) groups is 2. The molecule has 1 unspecified atom stereocenters. The molecular formula is C27H22N2O4S2. The van der Waals surface area contributed by atoms with Crippen LogP contribution in [0.1, 0.15) is 31.8 Å². The molecule has 0 spiro atoms. The Kier molecular flexibility index (Phi) is 6.23. The van der Waals surface area contributed by atoms with Crippen molar-refractivity contribution in [1.29, 1.82) is 0 Å². The van der Waals surface area contributed by atoms with Crippen molar-refractivity contribution >= 4 is 34.4 Å². The number of rotatable bonds is 7. The maximum atomic E-state index is 13.8. The number of hydrogen-bond acceptors (Lipinski definition) is 7. The van der Waals surface area contributed by atoms with Gasteiger partial charge in [0.2, 0.25) is 5.78 Å². The van der Waals surface area contributed by atoms with Crippen LogP contribution in [0.25, 0.3) is 10.6 Å². The molecule has 1 aliphatic heterocycles. The van der Waals surface area contributed by atoms with Crippen molar-refractivity contribution in [3.8, 4) is 16.3 Å². The molecule has 0 aliphatic carbocycles. The summed E-state index contributed by atoms with van der Waals surface area (Å²) in [6.07, 6.45) is 0. The summed E-state index contributed by atoms with van der Waals surface area (Å²) in [7, 11) is 1.58. The van der Waals surface area contributed by atoms with Crippen LogP contribution in [0.4, 0.5) is 0 Å². The third-order valence-corrected chi connectivity index (χ3v) is 8.00. The maximum Gasteiger partial charge on any atom is 0.290 e. The van der Waals surface area contributed by atoms with E-state index in [2.05, 4.69) is 4.98 Å². The van der Waals surface area contributed by atoms with Gasteiger partial charge in [-0.3, -0.25) is 9.59 Å². The van der Waals surface area contributed by atoms with Crippen LogP contribution in [-0.4, -0.2) is 33.8 Å². The van der Waals surface area contributed by atoms with E-state index in [9.17, 15) is 14.7 Å². The van der Waals surface area contributed by atoms with Crippen LogP contribution in [0.2, 0.25) is 0 Å². The van der Waals surface area contributed by atoms with Crippen LogP contribution in [0.3, 0.4) is 0 Å². The molecule has 0 radical (unpaired) electrons. The van der Waals surface area contributed by atoms with Gasteiger partial charge in [0, 0.05) is 17.0 Å². The maximum absolute atomic E-state index is 13.8. The first-order valence-electron chi connectivity index (χ1n) is 11.0. The van der Waals surface area contributed by atoms with Gasteiger partial charge < -0.3 is 14.7 Å². The minimum absolute atomic E-state index is 0.0895. The molecule has 5 rings (SSSR count). The number of thiazole rings is 1. The SMILES string of the molecule is COc1cccc(CN2C(=O)C(O)=C(C(=O)c3sc(-c4ccccc4)nc3C)C2c2cccs2)c1. The molecule has 1 aliphatic rings. The summed E-state index contributed by atoms with van der Waals surface area (Å²) in [5, 5.41) is 13.6. The van der Waals surface area contributed by atoms with Gasteiger partial charge in [-0.15, -0.1) is 22.7 Å². The quantitative estimate of drug-likeness (QED) is 0.315. The highest BCUT2D eigenvalue weighted by molar-refractivity contribution is 7.17. The van der Waals surface area contributed by atoms with Crippen LogP contribution in [0.5, 0.6) is 5.75 Å². The smallest absolute Gasteiger partial charge is 0.290 e. The fourth-order valence-corrected chi connectivity index (χ4v) is 6.06. The predicted octanol–water partition coefficient (Wildman–Crippen LogP) is 5.97. The van der Waals surface area contributed by atoms with Gasteiger partial charge in [-0.25, -0.2) is 4.98 Å². The molecule has 0 bridgehead atoms. The van der Waals surface area contributed by atoms with Gasteiger partial charge in [0.25, 0.3) is 5.91 Å². The topological polar surface area (TPSA) is 79.7 Å². The van der Waals surface area contributed by atoms with E-state index in [1.807, 2.05) is 72.1 Å². The van der Waals surface area contributed by atoms with E-state index < -0.39 is 17.7 Å². The largest absolute Gasteiger partial charge is 0.503 e. The highest BCUT2D eigenvalue weighted by Crippen LogP contribution is 2.43. The Hall–Kier alpha value is -3.75. The lowest BCUT2D eigenvalue weighted by molar-refractivity contribution is -0.130. The third-order valence-electron chi connectivity index (χ3n) is 5.87. The third kappa shape index (κ3) is 4.26. The van der Waals surface area contributed by atoms with Gasteiger partial charge >= 0.3 is 0 Å². The van der Waals surface area contributed by atoms with Gasteiger partial charge in [0.15, 0.2) is 5.76 Å². The fourth-order valence-electron chi connectivity index (χ4n) is 4.19. The number of benzene rings is 2. The highest BCUT2D eigenvalue weighted by atomic mass is 32.1. The van der Waals surface area contributed by atoms with Crippen molar-refractivity contribution < 1.29 is 19.4 Å². The van der Waals surface area contributed by atoms with E-state index in [-0.39, 0.29) is 17.9 Å². The zero-order chi connectivity index (χ0) is 24.5. The zero-order valence-corrected chi connectivity index (χ0v) is 20.7. The standard InChI is InChI=1S/C27H22N2O4S2/c1-16-25(35-26(28-16)18-9-4-3-5-10-18)23(30)21-22(20-12-7-13-34-20)29(27(32)24(21)31)15-17-8-6-11-19(14-17)33-2/h3-14,22,31H,15H2,1-2H3. The number of amides is 1. The average molecular weight is 503 g/mol. The summed E-state index contributed by atoms with van der Waals surface area (Å²) in [6.45, 7) is 2.00. The number of Topliss-reactive ketones (excluding diaryl/α,β-unsaturated/α-hetero) is 1. The van der Waals surface area contributed by atoms with Crippen molar-refractivity contribution in [2.45, 2.75) is 19.5 Å². The lowest BCUT2D eigenvalue weighted by Gasteiger charge is -2.25. The number of ether oxygens (including phenoxy) is 1. The Labute approximate surface area is 210 Å². The second-order valence-electron chi connectivity index (χ2n) is 8.09. The summed E-state index contributed by atoms with van der Waals surface area (Å²) in [5.41, 5.74) is 2.41. The van der Waals surface area contributed by atoms with Gasteiger partial charge in [-0.2, -0.15) is 0 Å². The molecule has 2 aromatic carbocycles. The molecule has 4 aromatic rings. The van der Waals surface area contributed by atoms with Gasteiger partial charge in [-0.05, 0) is 36.1 Å². The van der Waals surface area contributed by atoms with E-state index in [0.29, 0.717) is 16.3 Å². The Morgan fingerprint density at radius 2 is 1.91 bits per heavy atom. The summed E-state index contributed by atoms with van der Waals surface area (Å²) in [4.78, 5) is 34.4. The van der Waals surface area contributed by atoms with E-state index in [1.54, 1.807) is 14.0 Å². The van der Waals surface area contributed by atoms with E-state index in [0.717, 1.165) is 21.0 Å². The minimum atomic E-state index is -0.692. The second kappa shape index (κ2) is 9.48. The number of aliphatic hydroxyl groups is 1. The minimum Gasteiger partial charge on any atom is -0.503 e. The Morgan fingerprint density at radius 1 is 1.11 bits per heavy atom. The van der Waals surface area contributed by atoms with E-state index >= 15 is 0 Å². The monoisotopic (exact) mass is 502 g/mol. The normalized spacial score (nSPS) is 15.7. The van der Waals surface area contributed by atoms with Crippen molar-refractivity contribution in [2.24, 2.45) is 0 Å². The zero-order valence-electron chi connectivity index (χ0n) is 19.1. The van der Waals surface area contributed by atoms with Crippen LogP contribution in [0.15, 0.2) is 83.4 Å². The number of thiophene rings is 1. The Balaban J connectivity index is 1.54. The lowest BCUT2D eigenvalue weighted by Crippen LogP contribution is -2.30. The number of hydrogen-bond donors (Lipinski definition) is 1. The molecule has 1 atom stereocenters. The number of aromatic nitrogens is 1. The summed E-state index contributed by atoms with van der Waals surface area (Å²) in [6, 6.07) is 20.1. The molecule has 0 saturated heterocycles. The Bertz CT molecular complexity index is 1420. The first-order valence-corrected chi connectivity index (χ1v) is 12.7. The number of carbonyl (C=O) groups excluding carboxylic acids is 2. The molecule has 176 valence electrons. The van der Waals surface area contributed by atoms with E-state index in [1.165, 1.54) is 27.6 Å². The molecule has 1 amide bonds. The molecule has 6 nitrogen and oxygen atoms in total. The number of aliphatic hydroxyl groups excluding tert-OH is 1. The average Bonchev–Trinajstić information content (AvgIpc) is 3.60. The first kappa shape index (κ1) is 23.0. The van der Waals surface area contributed by atoms with Gasteiger partial charge in [0.1, 0.15) is 16.8 Å². The fraction of sp³-hybridized carbons (Fsp3) is 0.148. The summed E-state index contributed by atoms with van der Waals surface area (Å²) >= 11 is 2.71. The first-order chi connectivity index (χ1) is 17.0. The molecular weight excluding hydrogens is 480 g/mol. The number of aryl methyl sites for hydroxylation is 1. The highest BCUT2D eigenvalue weighted by Gasteiger charge is 2.45. The molecule has 35 heavy (non-hydrogen) atoms. The molecule has 0 saturated carbocycles. The molecule has 2 aromatic heterocycles. The lowest BCUT2D eigenvalue weighted by atomic mass is 10.00. The number of ketones is 1. The van der Waals surface area contributed by atoms with Gasteiger partial charge in [0.05, 0.1) is 23.3 Å². The summed E-state index contributed by atoms with van der Waals surface area (Å²) < 4.78 is 5.31. The Morgan fingerprint density at radius 3 is 2.63 bits per heavy atom. The van der Waals surface area contributed by atoms with Crippen LogP contribution < -0.4 is 4.74 Å². The van der Waals surface area contributed by atoms with Crippen LogP contribution in [-0.2, 0) is 11.3 Å². The van der Waals surface area contributed by atoms with Gasteiger partial charge in [-0.1, -0.05) is 48.5 Å². The van der Waals surface area contributed by atoms with Crippen LogP contribution in [0, 0.1) is 6.92 Å². The predicted molar refractivity (Wildman–Crippen MR) is 137 cm³/mol. The second-order valence-corrected chi connectivity index (χ2v) is 10.1. The van der Waals surface area contributed by atoms with Crippen molar-refractivity contribution in [3.63, 3.8) is 0 Å². The number of nitrogens with zero attached hydrogens (tertiary/aromatic N) is 2. The van der Waals surface area contributed by atoms with Crippen molar-refractivity contribution in [3.05, 3.63) is 104 Å².